The van der Waals surface area contributed by atoms with Crippen LogP contribution < -0.4 is 10.6 Å². The van der Waals surface area contributed by atoms with Gasteiger partial charge in [0, 0.05) is 37.7 Å². The van der Waals surface area contributed by atoms with Crippen LogP contribution >= 0.6 is 0 Å². The maximum Gasteiger partial charge on any atom is 0.233 e. The number of halogens is 1. The summed E-state index contributed by atoms with van der Waals surface area (Å²) in [4.78, 5) is 24.8. The number of aryl methyl sites for hydroxylation is 1. The molecule has 2 amide bonds. The molecular formula is C19H21FN4O3. The molecule has 2 N–H and O–H groups in total. The average molecular weight is 372 g/mol. The molecular weight excluding hydrogens is 351 g/mol. The molecule has 1 fully saturated rings. The lowest BCUT2D eigenvalue weighted by Gasteiger charge is -2.24. The number of carbonyl (C=O) groups is 2. The smallest absolute Gasteiger partial charge is 0.233 e. The molecule has 8 heteroatoms. The van der Waals surface area contributed by atoms with Crippen LogP contribution in [0.4, 0.5) is 15.9 Å². The summed E-state index contributed by atoms with van der Waals surface area (Å²) in [6, 6.07) is 5.92. The van der Waals surface area contributed by atoms with Crippen molar-refractivity contribution in [1.29, 1.82) is 0 Å². The molecule has 0 aliphatic carbocycles. The Balaban J connectivity index is 1.54. The zero-order valence-corrected chi connectivity index (χ0v) is 15.0. The molecule has 0 bridgehead atoms. The Bertz CT molecular complexity index is 889. The molecule has 3 heterocycles. The summed E-state index contributed by atoms with van der Waals surface area (Å²) in [5.41, 5.74) is 1.84. The van der Waals surface area contributed by atoms with Crippen molar-refractivity contribution in [3.05, 3.63) is 41.3 Å². The van der Waals surface area contributed by atoms with Crippen LogP contribution in [-0.4, -0.2) is 34.8 Å². The van der Waals surface area contributed by atoms with Gasteiger partial charge in [-0.05, 0) is 30.5 Å². The number of anilines is 2. The molecule has 0 saturated carbocycles. The second-order valence-corrected chi connectivity index (χ2v) is 7.02. The minimum atomic E-state index is -0.675. The van der Waals surface area contributed by atoms with Crippen molar-refractivity contribution in [3.8, 4) is 0 Å². The Morgan fingerprint density at radius 3 is 3.04 bits per heavy atom. The fraction of sp³-hybridized carbons (Fsp3) is 0.421. The molecule has 2 aromatic rings. The van der Waals surface area contributed by atoms with E-state index in [4.69, 9.17) is 4.74 Å². The molecule has 0 spiro atoms. The van der Waals surface area contributed by atoms with Crippen molar-refractivity contribution in [2.75, 3.05) is 23.8 Å². The number of benzene rings is 1. The molecule has 1 aromatic heterocycles. The zero-order chi connectivity index (χ0) is 19.0. The summed E-state index contributed by atoms with van der Waals surface area (Å²) < 4.78 is 20.6. The summed E-state index contributed by atoms with van der Waals surface area (Å²) >= 11 is 0. The largest absolute Gasteiger partial charge is 0.381 e. The third-order valence-corrected chi connectivity index (χ3v) is 5.10. The van der Waals surface area contributed by atoms with Crippen molar-refractivity contribution >= 4 is 23.3 Å². The van der Waals surface area contributed by atoms with Gasteiger partial charge in [0.2, 0.25) is 11.8 Å². The number of hydrogen-bond acceptors (Lipinski definition) is 4. The van der Waals surface area contributed by atoms with E-state index >= 15 is 0 Å². The van der Waals surface area contributed by atoms with Gasteiger partial charge in [0.15, 0.2) is 0 Å². The van der Waals surface area contributed by atoms with Gasteiger partial charge in [-0.3, -0.25) is 14.3 Å². The van der Waals surface area contributed by atoms with Gasteiger partial charge >= 0.3 is 0 Å². The first kappa shape index (κ1) is 17.7. The van der Waals surface area contributed by atoms with Gasteiger partial charge in [0.05, 0.1) is 18.2 Å². The topological polar surface area (TPSA) is 85.2 Å². The third kappa shape index (κ3) is 3.57. The number of rotatable bonds is 3. The second kappa shape index (κ2) is 7.11. The minimum Gasteiger partial charge on any atom is -0.381 e. The Kier molecular flexibility index (Phi) is 4.65. The van der Waals surface area contributed by atoms with E-state index in [1.165, 1.54) is 12.1 Å². The summed E-state index contributed by atoms with van der Waals surface area (Å²) in [5, 5.41) is 9.98. The van der Waals surface area contributed by atoms with E-state index in [2.05, 4.69) is 15.7 Å². The number of fused-ring (bicyclic) bond motifs is 1. The van der Waals surface area contributed by atoms with Gasteiger partial charge in [-0.25, -0.2) is 4.39 Å². The average Bonchev–Trinajstić information content (AvgIpc) is 3.02. The number of carbonyl (C=O) groups excluding carboxylic acids is 2. The van der Waals surface area contributed by atoms with Crippen LogP contribution in [0.1, 0.15) is 42.4 Å². The van der Waals surface area contributed by atoms with Crippen LogP contribution in [0.3, 0.4) is 0 Å². The fourth-order valence-electron chi connectivity index (χ4n) is 3.66. The summed E-state index contributed by atoms with van der Waals surface area (Å²) in [6.45, 7) is 1.41. The van der Waals surface area contributed by atoms with E-state index < -0.39 is 11.7 Å². The first-order valence-corrected chi connectivity index (χ1v) is 9.03. The highest BCUT2D eigenvalue weighted by Crippen LogP contribution is 2.34. The lowest BCUT2D eigenvalue weighted by molar-refractivity contribution is -0.123. The molecule has 2 aliphatic heterocycles. The van der Waals surface area contributed by atoms with Crippen molar-refractivity contribution in [1.82, 2.24) is 9.78 Å². The Hall–Kier alpha value is -2.74. The van der Waals surface area contributed by atoms with Gasteiger partial charge in [0.1, 0.15) is 11.6 Å². The minimum absolute atomic E-state index is 0.0195. The van der Waals surface area contributed by atoms with E-state index in [-0.39, 0.29) is 24.2 Å². The van der Waals surface area contributed by atoms with Crippen molar-refractivity contribution in [2.24, 2.45) is 7.05 Å². The van der Waals surface area contributed by atoms with Crippen molar-refractivity contribution in [2.45, 2.75) is 31.1 Å². The van der Waals surface area contributed by atoms with E-state index in [9.17, 15) is 14.0 Å². The first-order chi connectivity index (χ1) is 13.0. The predicted molar refractivity (Wildman–Crippen MR) is 97.0 cm³/mol. The van der Waals surface area contributed by atoms with E-state index in [1.807, 2.05) is 6.07 Å². The Morgan fingerprint density at radius 1 is 1.41 bits per heavy atom. The van der Waals surface area contributed by atoms with Gasteiger partial charge in [-0.15, -0.1) is 0 Å². The van der Waals surface area contributed by atoms with Crippen LogP contribution in [-0.2, 0) is 21.4 Å². The molecule has 2 unspecified atom stereocenters. The van der Waals surface area contributed by atoms with Crippen LogP contribution in [0.15, 0.2) is 24.3 Å². The molecule has 1 aromatic carbocycles. The molecule has 4 rings (SSSR count). The highest BCUT2D eigenvalue weighted by molar-refractivity contribution is 6.04. The molecule has 1 saturated heterocycles. The lowest BCUT2D eigenvalue weighted by atomic mass is 9.89. The van der Waals surface area contributed by atoms with E-state index in [1.54, 1.807) is 17.8 Å². The normalized spacial score (nSPS) is 22.1. The summed E-state index contributed by atoms with van der Waals surface area (Å²) in [5.74, 6) is -0.966. The highest BCUT2D eigenvalue weighted by Gasteiger charge is 2.31. The molecule has 2 aliphatic rings. The first-order valence-electron chi connectivity index (χ1n) is 9.03. The number of nitrogens with one attached hydrogen (secondary N) is 2. The monoisotopic (exact) mass is 372 g/mol. The van der Waals surface area contributed by atoms with Gasteiger partial charge in [-0.1, -0.05) is 6.07 Å². The second-order valence-electron chi connectivity index (χ2n) is 7.02. The van der Waals surface area contributed by atoms with Crippen molar-refractivity contribution in [3.63, 3.8) is 0 Å². The number of ether oxygens (including phenoxy) is 1. The predicted octanol–water partition coefficient (Wildman–Crippen LogP) is 2.52. The van der Waals surface area contributed by atoms with Crippen LogP contribution in [0.2, 0.25) is 0 Å². The highest BCUT2D eigenvalue weighted by atomic mass is 19.1. The maximum atomic E-state index is 13.5. The van der Waals surface area contributed by atoms with E-state index in [0.717, 1.165) is 25.1 Å². The molecule has 0 radical (unpaired) electrons. The number of nitrogens with zero attached hydrogens (tertiary/aromatic N) is 2. The van der Waals surface area contributed by atoms with E-state index in [0.29, 0.717) is 23.7 Å². The van der Waals surface area contributed by atoms with Gasteiger partial charge < -0.3 is 15.4 Å². The summed E-state index contributed by atoms with van der Waals surface area (Å²) in [6.07, 6.45) is 2.02. The molecule has 27 heavy (non-hydrogen) atoms. The summed E-state index contributed by atoms with van der Waals surface area (Å²) in [7, 11) is 1.76. The lowest BCUT2D eigenvalue weighted by Crippen LogP contribution is -2.31. The van der Waals surface area contributed by atoms with Crippen LogP contribution in [0, 0.1) is 5.82 Å². The Labute approximate surface area is 155 Å². The molecule has 2 atom stereocenters. The number of hydrogen-bond donors (Lipinski definition) is 2. The SMILES string of the molecule is Cn1nc(C2CCCOC2)cc1NC(=O)C1CC(=O)Nc2cc(F)ccc21. The van der Waals surface area contributed by atoms with Gasteiger partial charge in [-0.2, -0.15) is 5.10 Å². The molecule has 142 valence electrons. The maximum absolute atomic E-state index is 13.5. The Morgan fingerprint density at radius 2 is 2.26 bits per heavy atom. The molecule has 7 nitrogen and oxygen atoms in total. The standard InChI is InChI=1S/C19H21FN4O3/c1-24-17(9-15(23-24)11-3-2-6-27-10-11)22-19(26)14-8-18(25)21-16-7-12(20)4-5-13(14)16/h4-5,7,9,11,14H,2-3,6,8,10H2,1H3,(H,21,25)(H,22,26). The fourth-order valence-corrected chi connectivity index (χ4v) is 3.66. The van der Waals surface area contributed by atoms with Crippen molar-refractivity contribution < 1.29 is 18.7 Å². The van der Waals surface area contributed by atoms with Crippen LogP contribution in [0.25, 0.3) is 0 Å². The zero-order valence-electron chi connectivity index (χ0n) is 15.0. The van der Waals surface area contributed by atoms with Crippen LogP contribution in [0.5, 0.6) is 0 Å². The van der Waals surface area contributed by atoms with Gasteiger partial charge in [0.25, 0.3) is 0 Å². The number of aromatic nitrogens is 2. The number of amides is 2. The third-order valence-electron chi connectivity index (χ3n) is 5.10. The quantitative estimate of drug-likeness (QED) is 0.867.